The zero-order valence-electron chi connectivity index (χ0n) is 52.9. The number of nitrogens with one attached hydrogen (secondary N) is 9. The Labute approximate surface area is 557 Å². The van der Waals surface area contributed by atoms with Crippen molar-refractivity contribution in [3.63, 3.8) is 0 Å². The molecule has 1 aromatic heterocycles. The molecule has 5 rings (SSSR count). The van der Waals surface area contributed by atoms with E-state index in [9.17, 15) is 67.7 Å². The molecule has 0 spiro atoms. The zero-order valence-corrected chi connectivity index (χ0v) is 54.5. The number of aliphatic hydroxyl groups is 1. The summed E-state index contributed by atoms with van der Waals surface area (Å²) in [7, 11) is 0. The molecule has 0 saturated carbocycles. The van der Waals surface area contributed by atoms with Crippen molar-refractivity contribution in [1.82, 2.24) is 47.5 Å². The molecule has 0 radical (unpaired) electrons. The lowest BCUT2D eigenvalue weighted by atomic mass is 9.86. The number of hydrogen-bond acceptors (Lipinski definition) is 20. The molecule has 3 heterocycles. The number of carbonyl (C=O) groups is 12. The summed E-state index contributed by atoms with van der Waals surface area (Å²) >= 11 is 2.67. The van der Waals surface area contributed by atoms with Crippen LogP contribution in [0.5, 0.6) is 0 Å². The van der Waals surface area contributed by atoms with Gasteiger partial charge >= 0.3 is 12.0 Å². The number of Topliss-reactive ketones (excluding diaryl/α,β-unsaturated/α-hetero) is 2. The molecule has 95 heavy (non-hydrogen) atoms. The van der Waals surface area contributed by atoms with Gasteiger partial charge in [0.05, 0.1) is 83.3 Å². The molecule has 2 fully saturated rings. The zero-order chi connectivity index (χ0) is 68.7. The molecule has 13 N–H and O–H groups in total. The van der Waals surface area contributed by atoms with E-state index < -0.39 is 108 Å². The van der Waals surface area contributed by atoms with Crippen LogP contribution in [0.25, 0.3) is 21.3 Å². The van der Waals surface area contributed by atoms with Gasteiger partial charge in [-0.05, 0) is 92.8 Å². The number of aromatic nitrogens is 1. The second-order valence-electron chi connectivity index (χ2n) is 22.5. The number of nitrogens with zero attached hydrogens (tertiary/aromatic N) is 3. The molecule has 4 unspecified atom stereocenters. The van der Waals surface area contributed by atoms with Crippen LogP contribution >= 0.6 is 23.5 Å². The van der Waals surface area contributed by atoms with Crippen LogP contribution < -0.4 is 48.3 Å². The standard InChI is InChI=1S/C62H87N13O18S2/c63-59(86)47(11-5-6-20-65-52(79)13-4-3-12-51-58-48(38-94-51)73-62(89)74-58)72-55(82)37-93-29-27-90-24-22-66-54(81)36-92-28-26-91-25-23-68-61(88)42(35-76)31-49(77)41(32-56(83)84)30-50(78)46(71-53(80)14-7-8-40-33-69-45-10-2-1-9-44(40)45)19-21-67-60(87)39-15-17-43(18-16-39)95-57(85)34-70-75-64/h1-2,9-10,15-18,33,41-42,46-48,51,58,69,76H,3-8,11-14,19-32,34-38H2,(H2,63,86)(H,65,79)(H,66,81)(H,67,87)(H,68,88)(H,71,80)(H,72,82)(H,83,84)(H2,73,74,89)/t41?,42?,46?,47?,48-,51-,58-/m0/s1. The Balaban J connectivity index is 0.905. The van der Waals surface area contributed by atoms with Gasteiger partial charge in [-0.1, -0.05) is 41.5 Å². The van der Waals surface area contributed by atoms with E-state index in [-0.39, 0.29) is 128 Å². The van der Waals surface area contributed by atoms with E-state index in [2.05, 4.69) is 57.5 Å². The number of aryl methyl sites for hydroxylation is 1. The molecule has 33 heteroatoms. The maximum Gasteiger partial charge on any atom is 0.315 e. The number of fused-ring (bicyclic) bond motifs is 2. The first-order chi connectivity index (χ1) is 45.8. The van der Waals surface area contributed by atoms with Crippen molar-refractivity contribution in [3.8, 4) is 0 Å². The second kappa shape index (κ2) is 43.7. The van der Waals surface area contributed by atoms with Gasteiger partial charge in [-0.3, -0.25) is 52.7 Å². The highest BCUT2D eigenvalue weighted by molar-refractivity contribution is 8.13. The van der Waals surface area contributed by atoms with Crippen molar-refractivity contribution >= 4 is 104 Å². The van der Waals surface area contributed by atoms with Gasteiger partial charge in [0, 0.05) is 101 Å². The van der Waals surface area contributed by atoms with E-state index in [0.717, 1.165) is 53.2 Å². The van der Waals surface area contributed by atoms with Gasteiger partial charge in [0.15, 0.2) is 10.9 Å². The number of aliphatic hydroxyl groups excluding tert-OH is 1. The number of rotatable bonds is 50. The van der Waals surface area contributed by atoms with E-state index in [1.54, 1.807) is 0 Å². The van der Waals surface area contributed by atoms with Crippen molar-refractivity contribution in [2.24, 2.45) is 22.7 Å². The SMILES string of the molecule is [N-]=[N+]=NCC(=O)Sc1ccc(C(=O)NCCC(NC(=O)CCCc2c[nH]c3ccccc23)C(=O)CC(CC(=O)O)C(=O)CC(CO)C(=O)NCCOCCOCC(=O)NCCOCCOCC(=O)NC(CCCCNC(=O)CCCC[C@@H]2SC[C@@H]3NC(=O)N[C@@H]32)C(N)=O)cc1. The van der Waals surface area contributed by atoms with Crippen LogP contribution in [0.2, 0.25) is 0 Å². The van der Waals surface area contributed by atoms with Crippen molar-refractivity contribution in [2.45, 2.75) is 124 Å². The Kier molecular flexibility index (Phi) is 35.7. The lowest BCUT2D eigenvalue weighted by Gasteiger charge is -2.22. The van der Waals surface area contributed by atoms with E-state index in [4.69, 9.17) is 30.2 Å². The summed E-state index contributed by atoms with van der Waals surface area (Å²) < 4.78 is 21.5. The number of para-hydroxylation sites is 1. The average molecular weight is 1370 g/mol. The third-order valence-electron chi connectivity index (χ3n) is 15.3. The number of amides is 9. The predicted molar refractivity (Wildman–Crippen MR) is 348 cm³/mol. The fraction of sp³-hybridized carbons (Fsp3) is 0.581. The quantitative estimate of drug-likeness (QED) is 0.00954. The second-order valence-corrected chi connectivity index (χ2v) is 24.9. The first kappa shape index (κ1) is 77.5. The van der Waals surface area contributed by atoms with Gasteiger partial charge in [-0.2, -0.15) is 11.8 Å². The molecule has 2 aromatic carbocycles. The van der Waals surface area contributed by atoms with Crippen molar-refractivity contribution in [3.05, 3.63) is 76.3 Å². The summed E-state index contributed by atoms with van der Waals surface area (Å²) in [5.74, 6) is -8.29. The van der Waals surface area contributed by atoms with Crippen LogP contribution in [-0.4, -0.2) is 213 Å². The summed E-state index contributed by atoms with van der Waals surface area (Å²) in [6.07, 6.45) is 4.95. The lowest BCUT2D eigenvalue weighted by Crippen LogP contribution is -2.45. The van der Waals surface area contributed by atoms with Gasteiger partial charge in [0.1, 0.15) is 25.0 Å². The molecule has 3 aromatic rings. The highest BCUT2D eigenvalue weighted by Crippen LogP contribution is 2.33. The Bertz CT molecular complexity index is 3100. The molecule has 2 saturated heterocycles. The number of azide groups is 1. The smallest absolute Gasteiger partial charge is 0.315 e. The van der Waals surface area contributed by atoms with E-state index in [0.29, 0.717) is 48.8 Å². The fourth-order valence-corrected chi connectivity index (χ4v) is 12.5. The van der Waals surface area contributed by atoms with Crippen molar-refractivity contribution in [1.29, 1.82) is 0 Å². The summed E-state index contributed by atoms with van der Waals surface area (Å²) in [5.41, 5.74) is 16.1. The number of benzene rings is 2. The van der Waals surface area contributed by atoms with Gasteiger partial charge in [-0.15, -0.1) is 0 Å². The molecule has 520 valence electrons. The summed E-state index contributed by atoms with van der Waals surface area (Å²) in [6, 6.07) is 11.7. The summed E-state index contributed by atoms with van der Waals surface area (Å²) in [6.45, 7) is -1.10. The first-order valence-electron chi connectivity index (χ1n) is 31.6. The van der Waals surface area contributed by atoms with Gasteiger partial charge in [0.25, 0.3) is 5.91 Å². The molecular weight excluding hydrogens is 1280 g/mol. The number of primary amides is 1. The molecule has 2 aliphatic rings. The molecular formula is C62H87N13O18S2. The van der Waals surface area contributed by atoms with Crippen LogP contribution in [0.3, 0.4) is 0 Å². The summed E-state index contributed by atoms with van der Waals surface area (Å²) in [4.78, 5) is 158. The number of nitrogens with two attached hydrogens (primary N) is 1. The largest absolute Gasteiger partial charge is 0.481 e. The Morgan fingerprint density at radius 2 is 1.37 bits per heavy atom. The number of H-pyrrole nitrogens is 1. The third kappa shape index (κ3) is 30.0. The number of unbranched alkanes of at least 4 members (excludes halogenated alkanes) is 2. The van der Waals surface area contributed by atoms with E-state index in [1.165, 1.54) is 24.3 Å². The van der Waals surface area contributed by atoms with Crippen LogP contribution in [0.1, 0.15) is 99.4 Å². The number of ketones is 2. The Morgan fingerprint density at radius 3 is 2.08 bits per heavy atom. The van der Waals surface area contributed by atoms with Gasteiger partial charge in [0.2, 0.25) is 35.4 Å². The lowest BCUT2D eigenvalue weighted by molar-refractivity contribution is -0.142. The van der Waals surface area contributed by atoms with E-state index >= 15 is 0 Å². The van der Waals surface area contributed by atoms with Gasteiger partial charge in [-0.25, -0.2) is 4.79 Å². The molecule has 2 aliphatic heterocycles. The number of hydrogen-bond donors (Lipinski definition) is 12. The fourth-order valence-electron chi connectivity index (χ4n) is 10.3. The van der Waals surface area contributed by atoms with Crippen LogP contribution in [-0.2, 0) is 73.3 Å². The number of carboxylic acids is 1. The highest BCUT2D eigenvalue weighted by Gasteiger charge is 2.42. The van der Waals surface area contributed by atoms with Crippen molar-refractivity contribution in [2.75, 3.05) is 97.9 Å². The van der Waals surface area contributed by atoms with Crippen LogP contribution in [0.15, 0.2) is 64.7 Å². The minimum atomic E-state index is -1.45. The van der Waals surface area contributed by atoms with Crippen LogP contribution in [0.4, 0.5) is 4.79 Å². The molecule has 0 aliphatic carbocycles. The normalized spacial score (nSPS) is 15.9. The van der Waals surface area contributed by atoms with E-state index in [1.807, 2.05) is 42.2 Å². The summed E-state index contributed by atoms with van der Waals surface area (Å²) in [5, 5.41) is 45.9. The Hall–Kier alpha value is -8.17. The monoisotopic (exact) mass is 1370 g/mol. The number of aliphatic carboxylic acids is 1. The van der Waals surface area contributed by atoms with Crippen molar-refractivity contribution < 1.29 is 86.7 Å². The predicted octanol–water partition coefficient (Wildman–Crippen LogP) is 1.62. The molecule has 31 nitrogen and oxygen atoms in total. The number of carbonyl (C=O) groups excluding carboxylic acids is 11. The average Bonchev–Trinajstić information content (AvgIpc) is 1.73. The topological polar surface area (TPSA) is 469 Å². The number of ether oxygens (including phenoxy) is 4. The third-order valence-corrected chi connectivity index (χ3v) is 17.6. The number of aromatic amines is 1. The molecule has 0 bridgehead atoms. The maximum absolute atomic E-state index is 14.0. The maximum atomic E-state index is 14.0. The Morgan fingerprint density at radius 1 is 0.695 bits per heavy atom. The van der Waals surface area contributed by atoms with Gasteiger partial charge < -0.3 is 82.4 Å². The minimum absolute atomic E-state index is 0.00613. The minimum Gasteiger partial charge on any atom is -0.481 e. The number of thioether (sulfide) groups is 2. The number of carboxylic acid groups (broad SMARTS) is 1. The number of urea groups is 1. The molecule has 7 atom stereocenters. The highest BCUT2D eigenvalue weighted by atomic mass is 32.2. The first-order valence-corrected chi connectivity index (χ1v) is 33.4. The molecule has 9 amide bonds. The van der Waals surface area contributed by atoms with Crippen LogP contribution in [0, 0.1) is 11.8 Å².